The maximum absolute atomic E-state index is 13.2. The number of hydrogen-bond acceptors (Lipinski definition) is 3. The summed E-state index contributed by atoms with van der Waals surface area (Å²) in [7, 11) is 0. The monoisotopic (exact) mass is 396 g/mol. The third kappa shape index (κ3) is 4.03. The Kier molecular flexibility index (Phi) is 5.75. The predicted molar refractivity (Wildman–Crippen MR) is 121 cm³/mol. The van der Waals surface area contributed by atoms with E-state index in [0.29, 0.717) is 12.2 Å². The van der Waals surface area contributed by atoms with Gasteiger partial charge in [0, 0.05) is 35.0 Å². The van der Waals surface area contributed by atoms with E-state index in [4.69, 9.17) is 4.74 Å². The van der Waals surface area contributed by atoms with Gasteiger partial charge < -0.3 is 4.74 Å². The molecule has 2 aromatic heterocycles. The highest BCUT2D eigenvalue weighted by Gasteiger charge is 2.16. The summed E-state index contributed by atoms with van der Waals surface area (Å²) in [6.45, 7) is 4.50. The van der Waals surface area contributed by atoms with E-state index in [-0.39, 0.29) is 5.91 Å². The van der Waals surface area contributed by atoms with Crippen LogP contribution in [0.3, 0.4) is 0 Å². The lowest BCUT2D eigenvalue weighted by atomic mass is 10.1. The molecule has 0 amide bonds. The molecule has 2 aromatic carbocycles. The smallest absolute Gasteiger partial charge is 0.262 e. The number of nitrogens with zero attached hydrogens (tertiary/aromatic N) is 2. The van der Waals surface area contributed by atoms with Crippen molar-refractivity contribution in [2.75, 3.05) is 6.61 Å². The fraction of sp³-hybridized carbons (Fsp3) is 0.154. The van der Waals surface area contributed by atoms with E-state index in [1.807, 2.05) is 74.5 Å². The lowest BCUT2D eigenvalue weighted by Gasteiger charge is -2.09. The predicted octanol–water partition coefficient (Wildman–Crippen LogP) is 5.69. The standard InChI is InChI=1S/C26H24N2O2/c1-3-7-20-8-6-10-25-24(20)18-19(2)28(25)26(29)21-11-13-23(14-12-21)30-17-15-22-9-4-5-16-27-22/h3-14,16,18H,15,17H2,1-2H3/b7-3+. The van der Waals surface area contributed by atoms with Crippen LogP contribution in [0.4, 0.5) is 0 Å². The van der Waals surface area contributed by atoms with Gasteiger partial charge in [0.05, 0.1) is 12.1 Å². The minimum absolute atomic E-state index is 0.0415. The van der Waals surface area contributed by atoms with E-state index in [1.165, 1.54) is 0 Å². The van der Waals surface area contributed by atoms with Gasteiger partial charge in [0.25, 0.3) is 5.91 Å². The van der Waals surface area contributed by atoms with Gasteiger partial charge in [-0.05, 0) is 67.9 Å². The van der Waals surface area contributed by atoms with Crippen LogP contribution in [-0.4, -0.2) is 22.1 Å². The Hall–Kier alpha value is -3.66. The molecule has 0 atom stereocenters. The molecule has 0 aliphatic carbocycles. The summed E-state index contributed by atoms with van der Waals surface area (Å²) in [5, 5.41) is 1.08. The lowest BCUT2D eigenvalue weighted by Crippen LogP contribution is -2.13. The van der Waals surface area contributed by atoms with Crippen LogP contribution in [0.5, 0.6) is 5.75 Å². The number of benzene rings is 2. The maximum Gasteiger partial charge on any atom is 0.262 e. The summed E-state index contributed by atoms with van der Waals surface area (Å²) in [6.07, 6.45) is 6.60. The van der Waals surface area contributed by atoms with E-state index in [0.717, 1.165) is 40.0 Å². The zero-order chi connectivity index (χ0) is 20.9. The molecule has 0 aliphatic rings. The second kappa shape index (κ2) is 8.78. The van der Waals surface area contributed by atoms with E-state index in [2.05, 4.69) is 23.2 Å². The number of pyridine rings is 1. The van der Waals surface area contributed by atoms with E-state index in [1.54, 1.807) is 10.8 Å². The molecule has 4 heteroatoms. The van der Waals surface area contributed by atoms with Crippen molar-refractivity contribution in [3.05, 3.63) is 102 Å². The van der Waals surface area contributed by atoms with Gasteiger partial charge in [0.1, 0.15) is 5.75 Å². The van der Waals surface area contributed by atoms with Crippen molar-refractivity contribution in [2.24, 2.45) is 0 Å². The Morgan fingerprint density at radius 2 is 1.90 bits per heavy atom. The fourth-order valence-corrected chi connectivity index (χ4v) is 3.62. The van der Waals surface area contributed by atoms with Gasteiger partial charge in [-0.3, -0.25) is 14.3 Å². The molecule has 0 spiro atoms. The number of fused-ring (bicyclic) bond motifs is 1. The van der Waals surface area contributed by atoms with Crippen LogP contribution in [-0.2, 0) is 6.42 Å². The summed E-state index contributed by atoms with van der Waals surface area (Å²) >= 11 is 0. The van der Waals surface area contributed by atoms with Crippen LogP contribution >= 0.6 is 0 Å². The first kappa shape index (κ1) is 19.6. The number of rotatable bonds is 6. The van der Waals surface area contributed by atoms with Crippen molar-refractivity contribution >= 4 is 22.9 Å². The second-order valence-corrected chi connectivity index (χ2v) is 7.15. The Balaban J connectivity index is 1.51. The van der Waals surface area contributed by atoms with E-state index >= 15 is 0 Å². The van der Waals surface area contributed by atoms with Crippen molar-refractivity contribution in [3.63, 3.8) is 0 Å². The number of aryl methyl sites for hydroxylation is 1. The lowest BCUT2D eigenvalue weighted by molar-refractivity contribution is 0.0963. The number of ether oxygens (including phenoxy) is 1. The molecular formula is C26H24N2O2. The van der Waals surface area contributed by atoms with Gasteiger partial charge in [-0.2, -0.15) is 0 Å². The first-order valence-electron chi connectivity index (χ1n) is 10.1. The highest BCUT2D eigenvalue weighted by molar-refractivity contribution is 6.04. The molecule has 0 fully saturated rings. The van der Waals surface area contributed by atoms with Crippen molar-refractivity contribution in [2.45, 2.75) is 20.3 Å². The van der Waals surface area contributed by atoms with Crippen LogP contribution in [0, 0.1) is 6.92 Å². The van der Waals surface area contributed by atoms with Crippen LogP contribution < -0.4 is 4.74 Å². The van der Waals surface area contributed by atoms with Crippen LogP contribution in [0.1, 0.15) is 34.2 Å². The molecule has 30 heavy (non-hydrogen) atoms. The SMILES string of the molecule is C/C=C/c1cccc2c1cc(C)n2C(=O)c1ccc(OCCc2ccccn2)cc1. The third-order valence-corrected chi connectivity index (χ3v) is 5.07. The van der Waals surface area contributed by atoms with Crippen molar-refractivity contribution in [1.29, 1.82) is 0 Å². The number of allylic oxidation sites excluding steroid dienone is 1. The van der Waals surface area contributed by atoms with Gasteiger partial charge in [-0.25, -0.2) is 0 Å². The van der Waals surface area contributed by atoms with Crippen molar-refractivity contribution < 1.29 is 9.53 Å². The van der Waals surface area contributed by atoms with Gasteiger partial charge in [0.2, 0.25) is 0 Å². The summed E-state index contributed by atoms with van der Waals surface area (Å²) in [6, 6.07) is 21.3. The highest BCUT2D eigenvalue weighted by Crippen LogP contribution is 2.26. The molecule has 0 bridgehead atoms. The summed E-state index contributed by atoms with van der Waals surface area (Å²) in [4.78, 5) is 17.5. The fourth-order valence-electron chi connectivity index (χ4n) is 3.62. The Bertz CT molecular complexity index is 1190. The van der Waals surface area contributed by atoms with E-state index < -0.39 is 0 Å². The molecule has 0 N–H and O–H groups in total. The first-order valence-corrected chi connectivity index (χ1v) is 10.1. The minimum atomic E-state index is -0.0415. The summed E-state index contributed by atoms with van der Waals surface area (Å²) in [5.41, 5.74) is 4.58. The Morgan fingerprint density at radius 3 is 2.63 bits per heavy atom. The number of aromatic nitrogens is 2. The van der Waals surface area contributed by atoms with Crippen LogP contribution in [0.2, 0.25) is 0 Å². The maximum atomic E-state index is 13.2. The van der Waals surface area contributed by atoms with Crippen LogP contribution in [0.15, 0.2) is 79.0 Å². The van der Waals surface area contributed by atoms with Crippen molar-refractivity contribution in [3.8, 4) is 5.75 Å². The number of carbonyl (C=O) groups excluding carboxylic acids is 1. The first-order chi connectivity index (χ1) is 14.7. The summed E-state index contributed by atoms with van der Waals surface area (Å²) < 4.78 is 7.58. The molecular weight excluding hydrogens is 372 g/mol. The molecule has 0 unspecified atom stereocenters. The molecule has 4 rings (SSSR count). The number of carbonyl (C=O) groups is 1. The Labute approximate surface area is 176 Å². The van der Waals surface area contributed by atoms with Gasteiger partial charge >= 0.3 is 0 Å². The molecule has 0 aliphatic heterocycles. The average molecular weight is 396 g/mol. The second-order valence-electron chi connectivity index (χ2n) is 7.15. The summed E-state index contributed by atoms with van der Waals surface area (Å²) in [5.74, 6) is 0.701. The topological polar surface area (TPSA) is 44.1 Å². The van der Waals surface area contributed by atoms with Gasteiger partial charge in [0.15, 0.2) is 0 Å². The number of hydrogen-bond donors (Lipinski definition) is 0. The zero-order valence-electron chi connectivity index (χ0n) is 17.2. The third-order valence-electron chi connectivity index (χ3n) is 5.07. The zero-order valence-corrected chi connectivity index (χ0v) is 17.2. The highest BCUT2D eigenvalue weighted by atomic mass is 16.5. The minimum Gasteiger partial charge on any atom is -0.493 e. The molecule has 4 aromatic rings. The average Bonchev–Trinajstić information content (AvgIpc) is 3.11. The molecule has 4 nitrogen and oxygen atoms in total. The molecule has 150 valence electrons. The Morgan fingerprint density at radius 1 is 1.07 bits per heavy atom. The van der Waals surface area contributed by atoms with Crippen molar-refractivity contribution in [1.82, 2.24) is 9.55 Å². The molecule has 2 heterocycles. The largest absolute Gasteiger partial charge is 0.493 e. The molecule has 0 saturated heterocycles. The van der Waals surface area contributed by atoms with Gasteiger partial charge in [-0.1, -0.05) is 30.4 Å². The van der Waals surface area contributed by atoms with E-state index in [9.17, 15) is 4.79 Å². The quantitative estimate of drug-likeness (QED) is 0.421. The normalized spacial score (nSPS) is 11.3. The molecule has 0 saturated carbocycles. The van der Waals surface area contributed by atoms with Gasteiger partial charge in [-0.15, -0.1) is 0 Å². The molecule has 0 radical (unpaired) electrons. The van der Waals surface area contributed by atoms with Crippen LogP contribution in [0.25, 0.3) is 17.0 Å².